The first-order chi connectivity index (χ1) is 13.4. The van der Waals surface area contributed by atoms with Crippen LogP contribution in [-0.2, 0) is 15.7 Å². The van der Waals surface area contributed by atoms with Crippen LogP contribution in [0.15, 0.2) is 40.4 Å². The van der Waals surface area contributed by atoms with E-state index in [0.717, 1.165) is 24.5 Å². The van der Waals surface area contributed by atoms with E-state index in [0.29, 0.717) is 57.0 Å². The Morgan fingerprint density at radius 2 is 1.93 bits per heavy atom. The fourth-order valence-electron chi connectivity index (χ4n) is 4.35. The lowest BCUT2D eigenvalue weighted by Gasteiger charge is -2.33. The minimum atomic E-state index is -4.36. The molecule has 1 saturated heterocycles. The van der Waals surface area contributed by atoms with Crippen molar-refractivity contribution >= 4 is 11.6 Å². The molecule has 0 radical (unpaired) electrons. The van der Waals surface area contributed by atoms with Gasteiger partial charge in [0.25, 0.3) is 5.91 Å². The molecule has 0 unspecified atom stereocenters. The summed E-state index contributed by atoms with van der Waals surface area (Å²) in [6, 6.07) is 5.77. The van der Waals surface area contributed by atoms with Crippen molar-refractivity contribution in [3.05, 3.63) is 46.5 Å². The topological polar surface area (TPSA) is 41.9 Å². The average molecular weight is 392 g/mol. The molecule has 1 aromatic rings. The fraction of sp³-hybridized carbons (Fsp3) is 0.524. The first-order valence-corrected chi connectivity index (χ1v) is 9.74. The minimum Gasteiger partial charge on any atom is -0.377 e. The van der Waals surface area contributed by atoms with Crippen LogP contribution in [0.2, 0.25) is 0 Å². The third kappa shape index (κ3) is 3.72. The molecule has 3 aliphatic heterocycles. The summed E-state index contributed by atoms with van der Waals surface area (Å²) in [5, 5.41) is 0. The quantitative estimate of drug-likeness (QED) is 0.764. The van der Waals surface area contributed by atoms with Gasteiger partial charge in [-0.1, -0.05) is 18.2 Å². The first kappa shape index (κ1) is 19.2. The zero-order valence-electron chi connectivity index (χ0n) is 15.6. The molecule has 0 aliphatic carbocycles. The fourth-order valence-corrected chi connectivity index (χ4v) is 4.35. The standard InChI is InChI=1S/C21H23F3N2O2/c22-21(23,24)18-6-2-1-5-16(18)14-7-9-26(10-8-14)20(27)19-17-13-28-11-3-4-15(17)12-25-19/h1-2,5-6,14H,3-4,7-13H2. The van der Waals surface area contributed by atoms with Gasteiger partial charge in [-0.3, -0.25) is 9.79 Å². The predicted octanol–water partition coefficient (Wildman–Crippen LogP) is 3.97. The molecular weight excluding hydrogens is 369 g/mol. The number of likely N-dealkylation sites (tertiary alicyclic amines) is 1. The highest BCUT2D eigenvalue weighted by Gasteiger charge is 2.37. The second-order valence-electron chi connectivity index (χ2n) is 7.55. The third-order valence-electron chi connectivity index (χ3n) is 5.85. The Balaban J connectivity index is 1.44. The second kappa shape index (κ2) is 7.70. The van der Waals surface area contributed by atoms with E-state index in [9.17, 15) is 18.0 Å². The summed E-state index contributed by atoms with van der Waals surface area (Å²) in [4.78, 5) is 19.1. The van der Waals surface area contributed by atoms with Crippen molar-refractivity contribution in [2.24, 2.45) is 4.99 Å². The van der Waals surface area contributed by atoms with Crippen LogP contribution < -0.4 is 0 Å². The van der Waals surface area contributed by atoms with E-state index in [1.165, 1.54) is 11.6 Å². The Labute approximate surface area is 162 Å². The van der Waals surface area contributed by atoms with Crippen molar-refractivity contribution in [2.75, 3.05) is 32.8 Å². The maximum atomic E-state index is 13.3. The molecule has 4 rings (SSSR count). The summed E-state index contributed by atoms with van der Waals surface area (Å²) in [5.74, 6) is -0.304. The number of alkyl halides is 3. The molecule has 0 N–H and O–H groups in total. The minimum absolute atomic E-state index is 0.113. The lowest BCUT2D eigenvalue weighted by atomic mass is 9.86. The van der Waals surface area contributed by atoms with Crippen molar-refractivity contribution in [1.82, 2.24) is 4.90 Å². The Bertz CT molecular complexity index is 821. The number of amides is 1. The average Bonchev–Trinajstić information content (AvgIpc) is 2.95. The summed E-state index contributed by atoms with van der Waals surface area (Å²) in [5.41, 5.74) is 2.38. The molecule has 0 spiro atoms. The largest absolute Gasteiger partial charge is 0.416 e. The Kier molecular flexibility index (Phi) is 5.27. The molecule has 3 aliphatic rings. The van der Waals surface area contributed by atoms with Crippen LogP contribution in [0.3, 0.4) is 0 Å². The Morgan fingerprint density at radius 3 is 2.68 bits per heavy atom. The van der Waals surface area contributed by atoms with E-state index < -0.39 is 11.7 Å². The van der Waals surface area contributed by atoms with Gasteiger partial charge in [-0.15, -0.1) is 0 Å². The van der Waals surface area contributed by atoms with Gasteiger partial charge in [0.2, 0.25) is 0 Å². The van der Waals surface area contributed by atoms with E-state index >= 15 is 0 Å². The molecule has 1 fully saturated rings. The van der Waals surface area contributed by atoms with Crippen molar-refractivity contribution in [3.8, 4) is 0 Å². The number of hydrogen-bond acceptors (Lipinski definition) is 3. The van der Waals surface area contributed by atoms with E-state index in [2.05, 4.69) is 4.99 Å². The molecule has 150 valence electrons. The van der Waals surface area contributed by atoms with Crippen LogP contribution >= 0.6 is 0 Å². The van der Waals surface area contributed by atoms with Crippen LogP contribution in [0, 0.1) is 0 Å². The molecule has 7 heteroatoms. The highest BCUT2D eigenvalue weighted by atomic mass is 19.4. The van der Waals surface area contributed by atoms with Crippen LogP contribution in [0.1, 0.15) is 42.7 Å². The van der Waals surface area contributed by atoms with Gasteiger partial charge in [0, 0.05) is 25.3 Å². The van der Waals surface area contributed by atoms with Crippen LogP contribution in [0.4, 0.5) is 13.2 Å². The number of nitrogens with zero attached hydrogens (tertiary/aromatic N) is 2. The first-order valence-electron chi connectivity index (χ1n) is 9.74. The summed E-state index contributed by atoms with van der Waals surface area (Å²) < 4.78 is 45.5. The van der Waals surface area contributed by atoms with Crippen molar-refractivity contribution in [1.29, 1.82) is 0 Å². The summed E-state index contributed by atoms with van der Waals surface area (Å²) in [7, 11) is 0. The van der Waals surface area contributed by atoms with E-state index in [4.69, 9.17) is 4.74 Å². The number of aliphatic imine (C=N–C) groups is 1. The molecule has 0 bridgehead atoms. The van der Waals surface area contributed by atoms with E-state index in [-0.39, 0.29) is 11.8 Å². The summed E-state index contributed by atoms with van der Waals surface area (Å²) in [6.07, 6.45) is -1.46. The summed E-state index contributed by atoms with van der Waals surface area (Å²) >= 11 is 0. The van der Waals surface area contributed by atoms with Crippen molar-refractivity contribution in [2.45, 2.75) is 37.8 Å². The SMILES string of the molecule is O=C(C1=NCC2=C1COCCC2)N1CCC(c2ccccc2C(F)(F)F)CC1. The molecule has 4 nitrogen and oxygen atoms in total. The molecule has 1 aromatic carbocycles. The van der Waals surface area contributed by atoms with Crippen LogP contribution in [0.5, 0.6) is 0 Å². The normalized spacial score (nSPS) is 21.4. The van der Waals surface area contributed by atoms with Gasteiger partial charge in [0.05, 0.1) is 18.7 Å². The summed E-state index contributed by atoms with van der Waals surface area (Å²) in [6.45, 7) is 2.57. The molecule has 3 heterocycles. The van der Waals surface area contributed by atoms with Gasteiger partial charge >= 0.3 is 6.18 Å². The Morgan fingerprint density at radius 1 is 1.18 bits per heavy atom. The Hall–Kier alpha value is -2.15. The van der Waals surface area contributed by atoms with Crippen molar-refractivity contribution < 1.29 is 22.7 Å². The second-order valence-corrected chi connectivity index (χ2v) is 7.55. The monoisotopic (exact) mass is 392 g/mol. The molecular formula is C21H23F3N2O2. The van der Waals surface area contributed by atoms with Gasteiger partial charge < -0.3 is 9.64 Å². The number of rotatable bonds is 2. The van der Waals surface area contributed by atoms with E-state index in [1.807, 2.05) is 0 Å². The predicted molar refractivity (Wildman–Crippen MR) is 99.4 cm³/mol. The number of carbonyl (C=O) groups is 1. The van der Waals surface area contributed by atoms with Gasteiger partial charge in [0.1, 0.15) is 5.71 Å². The third-order valence-corrected chi connectivity index (χ3v) is 5.85. The molecule has 0 aromatic heterocycles. The van der Waals surface area contributed by atoms with E-state index in [1.54, 1.807) is 17.0 Å². The maximum Gasteiger partial charge on any atom is 0.416 e. The highest BCUT2D eigenvalue weighted by Crippen LogP contribution is 2.38. The van der Waals surface area contributed by atoms with Crippen LogP contribution in [-0.4, -0.2) is 49.4 Å². The van der Waals surface area contributed by atoms with Gasteiger partial charge in [-0.25, -0.2) is 0 Å². The number of ether oxygens (including phenoxy) is 1. The van der Waals surface area contributed by atoms with Gasteiger partial charge in [-0.05, 0) is 48.8 Å². The zero-order valence-corrected chi connectivity index (χ0v) is 15.6. The number of carbonyl (C=O) groups excluding carboxylic acids is 1. The molecule has 0 atom stereocenters. The number of piperidine rings is 1. The van der Waals surface area contributed by atoms with Gasteiger partial charge in [-0.2, -0.15) is 13.2 Å². The number of halogens is 3. The number of hydrogen-bond donors (Lipinski definition) is 0. The number of benzene rings is 1. The smallest absolute Gasteiger partial charge is 0.377 e. The molecule has 1 amide bonds. The van der Waals surface area contributed by atoms with Crippen molar-refractivity contribution in [3.63, 3.8) is 0 Å². The van der Waals surface area contributed by atoms with Gasteiger partial charge in [0.15, 0.2) is 0 Å². The lowest BCUT2D eigenvalue weighted by Crippen LogP contribution is -2.42. The molecule has 0 saturated carbocycles. The highest BCUT2D eigenvalue weighted by molar-refractivity contribution is 6.46. The lowest BCUT2D eigenvalue weighted by molar-refractivity contribution is -0.138. The maximum absolute atomic E-state index is 13.3. The zero-order chi connectivity index (χ0) is 19.7. The van der Waals surface area contributed by atoms with Crippen LogP contribution in [0.25, 0.3) is 0 Å². The molecule has 28 heavy (non-hydrogen) atoms.